The molecule has 0 spiro atoms. The van der Waals surface area contributed by atoms with Crippen molar-refractivity contribution in [3.63, 3.8) is 0 Å². The normalized spacial score (nSPS) is 14.4. The lowest BCUT2D eigenvalue weighted by Gasteiger charge is -2.19. The van der Waals surface area contributed by atoms with Crippen molar-refractivity contribution in [3.8, 4) is 0 Å². The van der Waals surface area contributed by atoms with Crippen LogP contribution in [-0.4, -0.2) is 26.7 Å². The molecule has 0 heterocycles. The van der Waals surface area contributed by atoms with Crippen LogP contribution < -0.4 is 5.32 Å². The van der Waals surface area contributed by atoms with Gasteiger partial charge in [0.2, 0.25) is 0 Å². The Morgan fingerprint density at radius 1 is 1.37 bits per heavy atom. The molecule has 0 saturated carbocycles. The van der Waals surface area contributed by atoms with Crippen molar-refractivity contribution in [2.75, 3.05) is 11.6 Å². The molecule has 1 aromatic carbocycles. The van der Waals surface area contributed by atoms with Crippen LogP contribution >= 0.6 is 0 Å². The number of para-hydroxylation sites is 1. The SMILES string of the molecule is C=C[C@H](C)[C@H](OS(C)(=O)=O)C(=O)Nc1ccccc1. The van der Waals surface area contributed by atoms with Crippen molar-refractivity contribution in [1.29, 1.82) is 0 Å². The summed E-state index contributed by atoms with van der Waals surface area (Å²) in [6.45, 7) is 5.21. The Hall–Kier alpha value is -1.66. The van der Waals surface area contributed by atoms with Gasteiger partial charge in [0.1, 0.15) is 0 Å². The van der Waals surface area contributed by atoms with E-state index >= 15 is 0 Å². The zero-order valence-corrected chi connectivity index (χ0v) is 11.7. The van der Waals surface area contributed by atoms with Gasteiger partial charge in [0.15, 0.2) is 6.10 Å². The topological polar surface area (TPSA) is 72.5 Å². The maximum Gasteiger partial charge on any atom is 0.265 e. The predicted octanol–water partition coefficient (Wildman–Crippen LogP) is 1.79. The molecule has 1 amide bonds. The van der Waals surface area contributed by atoms with Crippen molar-refractivity contribution in [3.05, 3.63) is 43.0 Å². The number of hydrogen-bond acceptors (Lipinski definition) is 4. The van der Waals surface area contributed by atoms with Crippen molar-refractivity contribution in [2.24, 2.45) is 5.92 Å². The third-order valence-electron chi connectivity index (χ3n) is 2.43. The summed E-state index contributed by atoms with van der Waals surface area (Å²) in [7, 11) is -3.72. The quantitative estimate of drug-likeness (QED) is 0.638. The number of nitrogens with one attached hydrogen (secondary N) is 1. The molecule has 6 heteroatoms. The van der Waals surface area contributed by atoms with Crippen LogP contribution in [0.1, 0.15) is 6.92 Å². The summed E-state index contributed by atoms with van der Waals surface area (Å²) in [5.41, 5.74) is 0.575. The van der Waals surface area contributed by atoms with E-state index in [0.29, 0.717) is 5.69 Å². The van der Waals surface area contributed by atoms with E-state index in [1.807, 2.05) is 6.07 Å². The third kappa shape index (κ3) is 5.23. The molecule has 104 valence electrons. The van der Waals surface area contributed by atoms with Gasteiger partial charge in [0.05, 0.1) is 6.26 Å². The minimum atomic E-state index is -3.72. The van der Waals surface area contributed by atoms with Gasteiger partial charge in [-0.2, -0.15) is 8.42 Å². The second-order valence-electron chi connectivity index (χ2n) is 4.17. The number of carbonyl (C=O) groups is 1. The van der Waals surface area contributed by atoms with E-state index in [-0.39, 0.29) is 0 Å². The molecule has 0 fully saturated rings. The maximum atomic E-state index is 12.0. The van der Waals surface area contributed by atoms with Crippen LogP contribution in [0.25, 0.3) is 0 Å². The average Bonchev–Trinajstić information content (AvgIpc) is 2.35. The van der Waals surface area contributed by atoms with E-state index in [1.165, 1.54) is 6.08 Å². The Morgan fingerprint density at radius 2 is 1.95 bits per heavy atom. The fourth-order valence-electron chi connectivity index (χ4n) is 1.42. The Bertz CT molecular complexity index is 539. The highest BCUT2D eigenvalue weighted by Gasteiger charge is 2.28. The minimum absolute atomic E-state index is 0.432. The van der Waals surface area contributed by atoms with Crippen LogP contribution in [0.3, 0.4) is 0 Å². The summed E-state index contributed by atoms with van der Waals surface area (Å²) in [4.78, 5) is 12.0. The molecule has 0 bridgehead atoms. The van der Waals surface area contributed by atoms with Crippen molar-refractivity contribution >= 4 is 21.7 Å². The summed E-state index contributed by atoms with van der Waals surface area (Å²) in [5.74, 6) is -0.956. The molecule has 19 heavy (non-hydrogen) atoms. The molecule has 2 atom stereocenters. The number of hydrogen-bond donors (Lipinski definition) is 1. The zero-order valence-electron chi connectivity index (χ0n) is 10.9. The fraction of sp³-hybridized carbons (Fsp3) is 0.308. The van der Waals surface area contributed by atoms with Gasteiger partial charge < -0.3 is 5.32 Å². The summed E-state index contributed by atoms with van der Waals surface area (Å²) < 4.78 is 27.2. The number of carbonyl (C=O) groups excluding carboxylic acids is 1. The molecule has 0 aliphatic heterocycles. The molecular weight excluding hydrogens is 266 g/mol. The fourth-order valence-corrected chi connectivity index (χ4v) is 2.06. The lowest BCUT2D eigenvalue weighted by molar-refractivity contribution is -0.123. The van der Waals surface area contributed by atoms with Gasteiger partial charge in [0.25, 0.3) is 16.0 Å². The number of benzene rings is 1. The van der Waals surface area contributed by atoms with Crippen LogP contribution in [0.5, 0.6) is 0 Å². The van der Waals surface area contributed by atoms with Crippen LogP contribution in [-0.2, 0) is 19.1 Å². The highest BCUT2D eigenvalue weighted by atomic mass is 32.2. The first-order chi connectivity index (χ1) is 8.83. The molecule has 1 aromatic rings. The van der Waals surface area contributed by atoms with Gasteiger partial charge in [-0.25, -0.2) is 0 Å². The van der Waals surface area contributed by atoms with Crippen LogP contribution in [0.2, 0.25) is 0 Å². The largest absolute Gasteiger partial charge is 0.324 e. The van der Waals surface area contributed by atoms with Crippen molar-refractivity contribution in [1.82, 2.24) is 0 Å². The summed E-state index contributed by atoms with van der Waals surface area (Å²) >= 11 is 0. The highest BCUT2D eigenvalue weighted by molar-refractivity contribution is 7.86. The van der Waals surface area contributed by atoms with Gasteiger partial charge in [-0.3, -0.25) is 8.98 Å². The zero-order chi connectivity index (χ0) is 14.5. The predicted molar refractivity (Wildman–Crippen MR) is 74.1 cm³/mol. The summed E-state index contributed by atoms with van der Waals surface area (Å²) in [6.07, 6.45) is 1.25. The molecule has 1 rings (SSSR count). The highest BCUT2D eigenvalue weighted by Crippen LogP contribution is 2.14. The van der Waals surface area contributed by atoms with E-state index in [0.717, 1.165) is 6.26 Å². The van der Waals surface area contributed by atoms with Crippen LogP contribution in [0.4, 0.5) is 5.69 Å². The Morgan fingerprint density at radius 3 is 2.42 bits per heavy atom. The Balaban J connectivity index is 2.86. The monoisotopic (exact) mass is 283 g/mol. The van der Waals surface area contributed by atoms with Gasteiger partial charge in [0, 0.05) is 11.6 Å². The van der Waals surface area contributed by atoms with Crippen molar-refractivity contribution < 1.29 is 17.4 Å². The number of rotatable bonds is 6. The van der Waals surface area contributed by atoms with Gasteiger partial charge in [-0.05, 0) is 12.1 Å². The lowest BCUT2D eigenvalue weighted by atomic mass is 10.0. The average molecular weight is 283 g/mol. The maximum absolute atomic E-state index is 12.0. The molecule has 1 N–H and O–H groups in total. The van der Waals surface area contributed by atoms with E-state index in [4.69, 9.17) is 4.18 Å². The molecule has 0 aliphatic rings. The standard InChI is InChI=1S/C13H17NO4S/c1-4-10(2)12(18-19(3,16)17)13(15)14-11-8-6-5-7-9-11/h4-10,12H,1H2,2-3H3,(H,14,15)/t10-,12-/m0/s1. The Kier molecular flexibility index (Phi) is 5.26. The molecule has 0 saturated heterocycles. The van der Waals surface area contributed by atoms with Gasteiger partial charge in [-0.15, -0.1) is 6.58 Å². The first-order valence-electron chi connectivity index (χ1n) is 5.70. The first kappa shape index (κ1) is 15.4. The molecule has 0 aliphatic carbocycles. The molecule has 5 nitrogen and oxygen atoms in total. The molecule has 0 unspecified atom stereocenters. The Labute approximate surface area is 113 Å². The van der Waals surface area contributed by atoms with Gasteiger partial charge in [-0.1, -0.05) is 31.2 Å². The summed E-state index contributed by atoms with van der Waals surface area (Å²) in [6, 6.07) is 8.74. The first-order valence-corrected chi connectivity index (χ1v) is 7.52. The van der Waals surface area contributed by atoms with Crippen molar-refractivity contribution in [2.45, 2.75) is 13.0 Å². The van der Waals surface area contributed by atoms with Crippen LogP contribution in [0, 0.1) is 5.92 Å². The second-order valence-corrected chi connectivity index (χ2v) is 5.77. The molecular formula is C13H17NO4S. The minimum Gasteiger partial charge on any atom is -0.324 e. The molecule has 0 radical (unpaired) electrons. The van der Waals surface area contributed by atoms with Gasteiger partial charge >= 0.3 is 0 Å². The summed E-state index contributed by atoms with van der Waals surface area (Å²) in [5, 5.41) is 2.60. The smallest absolute Gasteiger partial charge is 0.265 e. The van der Waals surface area contributed by atoms with E-state index in [9.17, 15) is 13.2 Å². The number of amides is 1. The third-order valence-corrected chi connectivity index (χ3v) is 2.98. The van der Waals surface area contributed by atoms with E-state index < -0.39 is 28.0 Å². The van der Waals surface area contributed by atoms with E-state index in [2.05, 4.69) is 11.9 Å². The van der Waals surface area contributed by atoms with Crippen LogP contribution in [0.15, 0.2) is 43.0 Å². The number of anilines is 1. The molecule has 0 aromatic heterocycles. The van der Waals surface area contributed by atoms with E-state index in [1.54, 1.807) is 31.2 Å². The lowest BCUT2D eigenvalue weighted by Crippen LogP contribution is -2.36. The second kappa shape index (κ2) is 6.49.